The van der Waals surface area contributed by atoms with E-state index in [4.69, 9.17) is 0 Å². The highest BCUT2D eigenvalue weighted by Crippen LogP contribution is 2.16. The van der Waals surface area contributed by atoms with Crippen LogP contribution in [0.1, 0.15) is 4.88 Å². The van der Waals surface area contributed by atoms with E-state index in [-0.39, 0.29) is 10.9 Å². The minimum atomic E-state index is -3.54. The summed E-state index contributed by atoms with van der Waals surface area (Å²) in [5.74, 6) is -0.125. The second-order valence-electron chi connectivity index (χ2n) is 4.21. The van der Waals surface area contributed by atoms with Crippen LogP contribution in [0.15, 0.2) is 16.9 Å². The van der Waals surface area contributed by atoms with E-state index in [0.717, 1.165) is 0 Å². The molecule has 8 nitrogen and oxygen atoms in total. The molecule has 2 heterocycles. The third-order valence-corrected chi connectivity index (χ3v) is 4.85. The molecule has 0 amide bonds. The maximum Gasteiger partial charge on any atom is 0.268 e. The summed E-state index contributed by atoms with van der Waals surface area (Å²) in [6, 6.07) is 0. The molecule has 0 saturated carbocycles. The zero-order chi connectivity index (χ0) is 13.9. The molecule has 0 radical (unpaired) electrons. The molecule has 2 aromatic rings. The fourth-order valence-electron chi connectivity index (χ4n) is 1.42. The maximum absolute atomic E-state index is 12.2. The number of aromatic nitrogens is 5. The van der Waals surface area contributed by atoms with Crippen molar-refractivity contribution in [2.45, 2.75) is 17.5 Å². The number of thiazole rings is 1. The number of sulfone groups is 1. The van der Waals surface area contributed by atoms with Gasteiger partial charge in [-0.1, -0.05) is 5.10 Å². The Labute approximate surface area is 115 Å². The first kappa shape index (κ1) is 14.0. The number of hydrogen-bond donors (Lipinski definition) is 0. The molecule has 0 unspecified atom stereocenters. The molecule has 0 aliphatic rings. The van der Waals surface area contributed by atoms with Gasteiger partial charge < -0.3 is 4.90 Å². The molecule has 0 N–H and O–H groups in total. The van der Waals surface area contributed by atoms with E-state index < -0.39 is 9.84 Å². The van der Waals surface area contributed by atoms with Crippen LogP contribution in [0.2, 0.25) is 0 Å². The van der Waals surface area contributed by atoms with Gasteiger partial charge in [0.15, 0.2) is 0 Å². The van der Waals surface area contributed by atoms with Crippen LogP contribution < -0.4 is 0 Å². The van der Waals surface area contributed by atoms with Crippen molar-refractivity contribution in [1.82, 2.24) is 30.1 Å². The fraction of sp³-hybridized carbons (Fsp3) is 0.556. The highest BCUT2D eigenvalue weighted by Gasteiger charge is 2.24. The van der Waals surface area contributed by atoms with E-state index in [1.807, 2.05) is 19.0 Å². The van der Waals surface area contributed by atoms with Crippen molar-refractivity contribution in [3.05, 3.63) is 16.6 Å². The Morgan fingerprint density at radius 2 is 2.21 bits per heavy atom. The standard InChI is InChI=1S/C9H14N6O2S2/c1-14(2)3-4-15-9(11-12-13-15)19(16,17)6-8-5-10-7-18-8/h5,7H,3-4,6H2,1-2H3. The van der Waals surface area contributed by atoms with Crippen LogP contribution in [0.4, 0.5) is 0 Å². The second kappa shape index (κ2) is 5.72. The van der Waals surface area contributed by atoms with Gasteiger partial charge in [-0.15, -0.1) is 11.3 Å². The topological polar surface area (TPSA) is 93.9 Å². The zero-order valence-electron chi connectivity index (χ0n) is 10.6. The monoisotopic (exact) mass is 302 g/mol. The van der Waals surface area contributed by atoms with Gasteiger partial charge in [-0.3, -0.25) is 4.98 Å². The molecule has 104 valence electrons. The van der Waals surface area contributed by atoms with Gasteiger partial charge >= 0.3 is 0 Å². The average Bonchev–Trinajstić information content (AvgIpc) is 2.95. The highest BCUT2D eigenvalue weighted by atomic mass is 32.2. The largest absolute Gasteiger partial charge is 0.308 e. The second-order valence-corrected chi connectivity index (χ2v) is 7.07. The minimum Gasteiger partial charge on any atom is -0.308 e. The Bertz CT molecular complexity index is 619. The molecule has 0 fully saturated rings. The van der Waals surface area contributed by atoms with Crippen LogP contribution in [-0.2, 0) is 22.1 Å². The lowest BCUT2D eigenvalue weighted by Gasteiger charge is -2.09. The summed E-state index contributed by atoms with van der Waals surface area (Å²) >= 11 is 1.29. The summed E-state index contributed by atoms with van der Waals surface area (Å²) in [7, 11) is 0.258. The molecular weight excluding hydrogens is 288 g/mol. The summed E-state index contributed by atoms with van der Waals surface area (Å²) in [6.45, 7) is 1.09. The van der Waals surface area contributed by atoms with Crippen LogP contribution in [0, 0.1) is 0 Å². The van der Waals surface area contributed by atoms with E-state index >= 15 is 0 Å². The average molecular weight is 302 g/mol. The lowest BCUT2D eigenvalue weighted by molar-refractivity contribution is 0.359. The van der Waals surface area contributed by atoms with Gasteiger partial charge in [-0.05, 0) is 24.5 Å². The Kier molecular flexibility index (Phi) is 4.22. The molecule has 0 atom stereocenters. The molecule has 0 spiro atoms. The van der Waals surface area contributed by atoms with Crippen LogP contribution in [0.3, 0.4) is 0 Å². The molecule has 0 saturated heterocycles. The van der Waals surface area contributed by atoms with Gasteiger partial charge in [0.2, 0.25) is 9.84 Å². The van der Waals surface area contributed by atoms with Gasteiger partial charge in [0.05, 0.1) is 17.8 Å². The van der Waals surface area contributed by atoms with Gasteiger partial charge in [0.1, 0.15) is 0 Å². The fourth-order valence-corrected chi connectivity index (χ4v) is 3.72. The Balaban J connectivity index is 2.19. The van der Waals surface area contributed by atoms with Crippen molar-refractivity contribution in [3.8, 4) is 0 Å². The van der Waals surface area contributed by atoms with Crippen molar-refractivity contribution in [3.63, 3.8) is 0 Å². The lowest BCUT2D eigenvalue weighted by atomic mass is 10.6. The first-order valence-corrected chi connectivity index (χ1v) is 8.03. The first-order valence-electron chi connectivity index (χ1n) is 5.50. The Morgan fingerprint density at radius 1 is 1.42 bits per heavy atom. The predicted molar refractivity (Wildman–Crippen MR) is 69.4 cm³/mol. The van der Waals surface area contributed by atoms with E-state index in [0.29, 0.717) is 18.0 Å². The molecule has 2 aromatic heterocycles. The molecule has 0 aromatic carbocycles. The smallest absolute Gasteiger partial charge is 0.268 e. The minimum absolute atomic E-state index is 0.0947. The van der Waals surface area contributed by atoms with E-state index in [2.05, 4.69) is 20.5 Å². The highest BCUT2D eigenvalue weighted by molar-refractivity contribution is 7.90. The molecular formula is C9H14N6O2S2. The summed E-state index contributed by atoms with van der Waals surface area (Å²) in [5.41, 5.74) is 1.60. The lowest BCUT2D eigenvalue weighted by Crippen LogP contribution is -2.22. The summed E-state index contributed by atoms with van der Waals surface area (Å²) in [5, 5.41) is 10.7. The van der Waals surface area contributed by atoms with Crippen LogP contribution in [0.25, 0.3) is 0 Å². The maximum atomic E-state index is 12.2. The number of rotatable bonds is 6. The number of nitrogens with zero attached hydrogens (tertiary/aromatic N) is 6. The van der Waals surface area contributed by atoms with Crippen molar-refractivity contribution >= 4 is 21.2 Å². The molecule has 0 aliphatic carbocycles. The molecule has 10 heteroatoms. The van der Waals surface area contributed by atoms with Gasteiger partial charge in [-0.25, -0.2) is 13.1 Å². The third-order valence-electron chi connectivity index (χ3n) is 2.35. The van der Waals surface area contributed by atoms with E-state index in [1.165, 1.54) is 22.2 Å². The summed E-state index contributed by atoms with van der Waals surface area (Å²) in [4.78, 5) is 6.46. The Morgan fingerprint density at radius 3 is 2.84 bits per heavy atom. The van der Waals surface area contributed by atoms with Crippen molar-refractivity contribution in [2.24, 2.45) is 0 Å². The van der Waals surface area contributed by atoms with Crippen molar-refractivity contribution < 1.29 is 8.42 Å². The van der Waals surface area contributed by atoms with Crippen LogP contribution in [0.5, 0.6) is 0 Å². The first-order chi connectivity index (χ1) is 8.99. The zero-order valence-corrected chi connectivity index (χ0v) is 12.2. The van der Waals surface area contributed by atoms with Crippen LogP contribution in [-0.4, -0.2) is 59.1 Å². The van der Waals surface area contributed by atoms with Crippen LogP contribution >= 0.6 is 11.3 Å². The van der Waals surface area contributed by atoms with Gasteiger partial charge in [0.25, 0.3) is 5.16 Å². The normalized spacial score (nSPS) is 12.2. The van der Waals surface area contributed by atoms with Gasteiger partial charge in [0, 0.05) is 17.6 Å². The molecule has 0 bridgehead atoms. The predicted octanol–water partition coefficient (Wildman–Crippen LogP) is -0.335. The van der Waals surface area contributed by atoms with E-state index in [9.17, 15) is 8.42 Å². The molecule has 19 heavy (non-hydrogen) atoms. The third kappa shape index (κ3) is 3.55. The quantitative estimate of drug-likeness (QED) is 0.721. The number of tetrazole rings is 1. The number of likely N-dealkylation sites (N-methyl/N-ethyl adjacent to an activating group) is 1. The summed E-state index contributed by atoms with van der Waals surface area (Å²) < 4.78 is 25.8. The molecule has 2 rings (SSSR count). The molecule has 0 aliphatic heterocycles. The van der Waals surface area contributed by atoms with Crippen molar-refractivity contribution in [2.75, 3.05) is 20.6 Å². The SMILES string of the molecule is CN(C)CCn1nnnc1S(=O)(=O)Cc1cncs1. The van der Waals surface area contributed by atoms with E-state index in [1.54, 1.807) is 5.51 Å². The van der Waals surface area contributed by atoms with Crippen molar-refractivity contribution in [1.29, 1.82) is 0 Å². The summed E-state index contributed by atoms with van der Waals surface area (Å²) in [6.07, 6.45) is 1.54. The van der Waals surface area contributed by atoms with Gasteiger partial charge in [-0.2, -0.15) is 0 Å². The number of hydrogen-bond acceptors (Lipinski definition) is 8. The Hall–Kier alpha value is -1.39.